The third kappa shape index (κ3) is 4.74. The number of carbonyl (C=O) groups excluding carboxylic acids is 1. The van der Waals surface area contributed by atoms with Gasteiger partial charge in [-0.25, -0.2) is 17.6 Å². The molecule has 2 fully saturated rings. The molecule has 0 bridgehead atoms. The number of halogens is 4. The average Bonchev–Trinajstić information content (AvgIpc) is 3.24. The van der Waals surface area contributed by atoms with Gasteiger partial charge in [0.25, 0.3) is 0 Å². The van der Waals surface area contributed by atoms with E-state index in [-0.39, 0.29) is 42.4 Å². The zero-order valence-corrected chi connectivity index (χ0v) is 21.6. The minimum Gasteiger partial charge on any atom is -0.384 e. The van der Waals surface area contributed by atoms with E-state index in [0.717, 1.165) is 18.2 Å². The number of allylic oxidation sites excluding steroid dienone is 4. The normalized spacial score (nSPS) is 33.9. The molecular formula is C28H36F4N2O2. The summed E-state index contributed by atoms with van der Waals surface area (Å²) in [6, 6.07) is 3.42. The van der Waals surface area contributed by atoms with Crippen molar-refractivity contribution in [2.24, 2.45) is 29.6 Å². The third-order valence-electron chi connectivity index (χ3n) is 8.53. The van der Waals surface area contributed by atoms with E-state index in [4.69, 9.17) is 0 Å². The largest absolute Gasteiger partial charge is 0.384 e. The van der Waals surface area contributed by atoms with Crippen molar-refractivity contribution in [1.82, 2.24) is 9.80 Å². The molecule has 2 aliphatic heterocycles. The molecule has 0 aromatic heterocycles. The first-order chi connectivity index (χ1) is 16.7. The van der Waals surface area contributed by atoms with Crippen LogP contribution in [0.5, 0.6) is 0 Å². The molecule has 0 radical (unpaired) electrons. The van der Waals surface area contributed by atoms with Crippen molar-refractivity contribution in [1.29, 1.82) is 0 Å². The Hall–Kier alpha value is -2.19. The fourth-order valence-corrected chi connectivity index (χ4v) is 6.30. The molecule has 2 heterocycles. The molecule has 36 heavy (non-hydrogen) atoms. The van der Waals surface area contributed by atoms with Crippen LogP contribution in [0.25, 0.3) is 0 Å². The molecule has 1 N–H and O–H groups in total. The molecule has 4 rings (SSSR count). The second-order valence-corrected chi connectivity index (χ2v) is 11.8. The van der Waals surface area contributed by atoms with E-state index in [2.05, 4.69) is 25.7 Å². The monoisotopic (exact) mass is 508 g/mol. The van der Waals surface area contributed by atoms with Crippen molar-refractivity contribution in [3.8, 4) is 0 Å². The van der Waals surface area contributed by atoms with Gasteiger partial charge in [0.1, 0.15) is 11.7 Å². The molecule has 6 atom stereocenters. The van der Waals surface area contributed by atoms with Gasteiger partial charge in [0.2, 0.25) is 5.91 Å². The number of rotatable bonds is 3. The Morgan fingerprint density at radius 3 is 2.19 bits per heavy atom. The van der Waals surface area contributed by atoms with E-state index in [1.807, 2.05) is 0 Å². The number of piperidine rings is 1. The van der Waals surface area contributed by atoms with Crippen LogP contribution >= 0.6 is 0 Å². The van der Waals surface area contributed by atoms with E-state index in [1.165, 1.54) is 12.1 Å². The topological polar surface area (TPSA) is 43.8 Å². The van der Waals surface area contributed by atoms with Gasteiger partial charge in [0.15, 0.2) is 11.6 Å². The molecule has 0 spiro atoms. The summed E-state index contributed by atoms with van der Waals surface area (Å²) >= 11 is 0. The van der Waals surface area contributed by atoms with Gasteiger partial charge in [-0.1, -0.05) is 19.9 Å². The zero-order chi connectivity index (χ0) is 26.6. The Morgan fingerprint density at radius 2 is 1.64 bits per heavy atom. The summed E-state index contributed by atoms with van der Waals surface area (Å²) in [7, 11) is 0. The van der Waals surface area contributed by atoms with E-state index in [1.54, 1.807) is 18.7 Å². The summed E-state index contributed by atoms with van der Waals surface area (Å²) in [5.41, 5.74) is -1.37. The number of hydrogen-bond donors (Lipinski definition) is 1. The fraction of sp³-hybridized carbons (Fsp3) is 0.607. The van der Waals surface area contributed by atoms with Gasteiger partial charge in [-0.05, 0) is 56.9 Å². The van der Waals surface area contributed by atoms with E-state index < -0.39 is 52.6 Å². The minimum absolute atomic E-state index is 0.111. The van der Waals surface area contributed by atoms with Gasteiger partial charge in [-0.2, -0.15) is 0 Å². The van der Waals surface area contributed by atoms with Crippen LogP contribution < -0.4 is 0 Å². The second-order valence-electron chi connectivity index (χ2n) is 11.8. The summed E-state index contributed by atoms with van der Waals surface area (Å²) in [4.78, 5) is 17.8. The predicted molar refractivity (Wildman–Crippen MR) is 130 cm³/mol. The lowest BCUT2D eigenvalue weighted by atomic mass is 9.70. The highest BCUT2D eigenvalue weighted by Gasteiger charge is 2.51. The predicted octanol–water partition coefficient (Wildman–Crippen LogP) is 5.34. The maximum Gasteiger partial charge on any atom is 0.227 e. The van der Waals surface area contributed by atoms with Gasteiger partial charge in [0.05, 0.1) is 11.5 Å². The molecule has 1 amide bonds. The maximum absolute atomic E-state index is 14.9. The molecule has 2 unspecified atom stereocenters. The number of aliphatic hydroxyl groups is 1. The number of benzene rings is 1. The highest BCUT2D eigenvalue weighted by atomic mass is 19.2. The third-order valence-corrected chi connectivity index (χ3v) is 8.53. The summed E-state index contributed by atoms with van der Waals surface area (Å²) in [5.74, 6) is -5.48. The molecular weight excluding hydrogens is 472 g/mol. The van der Waals surface area contributed by atoms with Crippen molar-refractivity contribution >= 4 is 5.91 Å². The van der Waals surface area contributed by atoms with Gasteiger partial charge in [-0.3, -0.25) is 9.69 Å². The SMILES string of the molecule is C[C@@H]1CN(C(=O)[C@@H]2CN(C(C)(C)C)C[C@H]2C2CC=C(F)C=C2F)C[C@H](C)C1(O)c1ccc(F)c(F)c1. The summed E-state index contributed by atoms with van der Waals surface area (Å²) < 4.78 is 56.0. The van der Waals surface area contributed by atoms with Crippen molar-refractivity contribution in [2.75, 3.05) is 26.2 Å². The molecule has 1 aromatic carbocycles. The van der Waals surface area contributed by atoms with Crippen LogP contribution in [0.4, 0.5) is 17.6 Å². The van der Waals surface area contributed by atoms with Gasteiger partial charge in [0, 0.05) is 55.5 Å². The molecule has 1 aromatic rings. The summed E-state index contributed by atoms with van der Waals surface area (Å²) in [6.45, 7) is 11.2. The van der Waals surface area contributed by atoms with Gasteiger partial charge in [-0.15, -0.1) is 0 Å². The van der Waals surface area contributed by atoms with Crippen LogP contribution in [0.15, 0.2) is 42.0 Å². The van der Waals surface area contributed by atoms with E-state index >= 15 is 0 Å². The Balaban J connectivity index is 1.58. The minimum atomic E-state index is -1.43. The molecule has 4 nitrogen and oxygen atoms in total. The number of nitrogens with zero attached hydrogens (tertiary/aromatic N) is 2. The lowest BCUT2D eigenvalue weighted by molar-refractivity contribution is -0.153. The van der Waals surface area contributed by atoms with Crippen LogP contribution in [0.3, 0.4) is 0 Å². The Kier molecular flexibility index (Phi) is 7.16. The van der Waals surface area contributed by atoms with Crippen molar-refractivity contribution in [2.45, 2.75) is 52.2 Å². The van der Waals surface area contributed by atoms with Crippen LogP contribution in [-0.4, -0.2) is 52.5 Å². The average molecular weight is 509 g/mol. The van der Waals surface area contributed by atoms with Crippen molar-refractivity contribution in [3.05, 3.63) is 59.2 Å². The molecule has 3 aliphatic rings. The van der Waals surface area contributed by atoms with Crippen LogP contribution in [0.1, 0.15) is 46.6 Å². The van der Waals surface area contributed by atoms with Crippen LogP contribution in [0, 0.1) is 41.2 Å². The van der Waals surface area contributed by atoms with E-state index in [0.29, 0.717) is 13.1 Å². The standard InChI is InChI=1S/C28H36F4N2O2/c1-16-12-33(13-17(2)28(16,36)18-6-9-23(30)25(32)10-18)26(35)22-15-34(27(3,4)5)14-21(22)20-8-7-19(29)11-24(20)31/h6-7,9-11,16-17,20-22,36H,8,12-15H2,1-5H3/t16-,17+,20?,21-,22+,28?/m0/s1. The van der Waals surface area contributed by atoms with Gasteiger partial charge >= 0.3 is 0 Å². The Labute approximate surface area is 210 Å². The first kappa shape index (κ1) is 26.9. The first-order valence-corrected chi connectivity index (χ1v) is 12.7. The second kappa shape index (κ2) is 9.60. The van der Waals surface area contributed by atoms with E-state index in [9.17, 15) is 27.5 Å². The fourth-order valence-electron chi connectivity index (χ4n) is 6.30. The lowest BCUT2D eigenvalue weighted by Crippen LogP contribution is -2.57. The molecule has 0 saturated carbocycles. The number of carbonyl (C=O) groups is 1. The molecule has 1 aliphatic carbocycles. The molecule has 198 valence electrons. The maximum atomic E-state index is 14.9. The highest BCUT2D eigenvalue weighted by molar-refractivity contribution is 5.80. The smallest absolute Gasteiger partial charge is 0.227 e. The van der Waals surface area contributed by atoms with Crippen LogP contribution in [-0.2, 0) is 10.4 Å². The zero-order valence-electron chi connectivity index (χ0n) is 21.6. The number of likely N-dealkylation sites (tertiary alicyclic amines) is 2. The quantitative estimate of drug-likeness (QED) is 0.561. The lowest BCUT2D eigenvalue weighted by Gasteiger charge is -2.49. The van der Waals surface area contributed by atoms with Crippen molar-refractivity contribution < 1.29 is 27.5 Å². The number of hydrogen-bond acceptors (Lipinski definition) is 3. The number of amides is 1. The highest BCUT2D eigenvalue weighted by Crippen LogP contribution is 2.45. The molecule has 8 heteroatoms. The summed E-state index contributed by atoms with van der Waals surface area (Å²) in [5, 5.41) is 11.6. The van der Waals surface area contributed by atoms with Crippen LogP contribution in [0.2, 0.25) is 0 Å². The first-order valence-electron chi connectivity index (χ1n) is 12.7. The molecule has 2 saturated heterocycles. The Bertz CT molecular complexity index is 1070. The van der Waals surface area contributed by atoms with Crippen molar-refractivity contribution in [3.63, 3.8) is 0 Å². The Morgan fingerprint density at radius 1 is 1.00 bits per heavy atom. The van der Waals surface area contributed by atoms with Gasteiger partial charge < -0.3 is 10.0 Å². The summed E-state index contributed by atoms with van der Waals surface area (Å²) in [6.07, 6.45) is 2.51.